The largest absolute Gasteiger partial charge is 0.469 e. The van der Waals surface area contributed by atoms with E-state index in [2.05, 4.69) is 5.32 Å². The standard InChI is InChI=1S/C14H22N2O2/c1-14(2,3)12(15)13(17)16-10-5-4-6-11-9(10)7-8-18-11/h7-8,10,12H,4-6,15H2,1-3H3,(H,16,17)/t10?,12-/m0/s1. The molecule has 1 aromatic heterocycles. The van der Waals surface area contributed by atoms with Crippen molar-refractivity contribution < 1.29 is 9.21 Å². The van der Waals surface area contributed by atoms with Crippen LogP contribution in [0.1, 0.15) is 51.0 Å². The third kappa shape index (κ3) is 2.58. The molecule has 4 heteroatoms. The van der Waals surface area contributed by atoms with Crippen molar-refractivity contribution in [1.29, 1.82) is 0 Å². The molecule has 1 aromatic rings. The number of aryl methyl sites for hydroxylation is 1. The Morgan fingerprint density at radius 2 is 2.28 bits per heavy atom. The average Bonchev–Trinajstić information content (AvgIpc) is 2.75. The summed E-state index contributed by atoms with van der Waals surface area (Å²) < 4.78 is 5.41. The molecule has 18 heavy (non-hydrogen) atoms. The third-order valence-corrected chi connectivity index (χ3v) is 3.58. The second-order valence-corrected chi connectivity index (χ2v) is 6.10. The van der Waals surface area contributed by atoms with Crippen molar-refractivity contribution in [2.24, 2.45) is 11.1 Å². The quantitative estimate of drug-likeness (QED) is 0.845. The van der Waals surface area contributed by atoms with Crippen LogP contribution >= 0.6 is 0 Å². The first-order chi connectivity index (χ1) is 8.39. The Bertz CT molecular complexity index is 431. The van der Waals surface area contributed by atoms with E-state index in [0.717, 1.165) is 30.6 Å². The molecule has 100 valence electrons. The van der Waals surface area contributed by atoms with Gasteiger partial charge in [-0.25, -0.2) is 0 Å². The fraction of sp³-hybridized carbons (Fsp3) is 0.643. The highest BCUT2D eigenvalue weighted by molar-refractivity contribution is 5.82. The van der Waals surface area contributed by atoms with E-state index in [4.69, 9.17) is 10.2 Å². The lowest BCUT2D eigenvalue weighted by Gasteiger charge is -2.29. The van der Waals surface area contributed by atoms with Gasteiger partial charge in [0.25, 0.3) is 0 Å². The van der Waals surface area contributed by atoms with E-state index in [9.17, 15) is 4.79 Å². The van der Waals surface area contributed by atoms with Crippen molar-refractivity contribution in [3.05, 3.63) is 23.7 Å². The molecular formula is C14H22N2O2. The molecule has 1 unspecified atom stereocenters. The summed E-state index contributed by atoms with van der Waals surface area (Å²) in [7, 11) is 0. The zero-order valence-electron chi connectivity index (χ0n) is 11.3. The summed E-state index contributed by atoms with van der Waals surface area (Å²) in [5.41, 5.74) is 6.85. The highest BCUT2D eigenvalue weighted by Crippen LogP contribution is 2.30. The van der Waals surface area contributed by atoms with Gasteiger partial charge in [-0.1, -0.05) is 20.8 Å². The maximum Gasteiger partial charge on any atom is 0.237 e. The third-order valence-electron chi connectivity index (χ3n) is 3.58. The Kier molecular flexibility index (Phi) is 3.48. The van der Waals surface area contributed by atoms with Gasteiger partial charge >= 0.3 is 0 Å². The van der Waals surface area contributed by atoms with Crippen LogP contribution in [0.3, 0.4) is 0 Å². The molecule has 1 aliphatic carbocycles. The normalized spacial score (nSPS) is 21.2. The van der Waals surface area contributed by atoms with E-state index in [0.29, 0.717) is 0 Å². The highest BCUT2D eigenvalue weighted by Gasteiger charge is 2.31. The lowest BCUT2D eigenvalue weighted by Crippen LogP contribution is -2.49. The molecule has 4 nitrogen and oxygen atoms in total. The molecule has 0 radical (unpaired) electrons. The molecule has 2 rings (SSSR count). The molecule has 1 aliphatic rings. The van der Waals surface area contributed by atoms with Crippen LogP contribution < -0.4 is 11.1 Å². The minimum absolute atomic E-state index is 0.0494. The Morgan fingerprint density at radius 1 is 1.56 bits per heavy atom. The number of hydrogen-bond acceptors (Lipinski definition) is 3. The van der Waals surface area contributed by atoms with Crippen LogP contribution in [-0.2, 0) is 11.2 Å². The summed E-state index contributed by atoms with van der Waals surface area (Å²) >= 11 is 0. The molecule has 0 aliphatic heterocycles. The van der Waals surface area contributed by atoms with Crippen LogP contribution in [0.5, 0.6) is 0 Å². The van der Waals surface area contributed by atoms with Crippen molar-refractivity contribution in [2.45, 2.75) is 52.1 Å². The van der Waals surface area contributed by atoms with Crippen molar-refractivity contribution in [2.75, 3.05) is 0 Å². The summed E-state index contributed by atoms with van der Waals surface area (Å²) in [5, 5.41) is 3.04. The SMILES string of the molecule is CC(C)(C)[C@@H](N)C(=O)NC1CCCc2occc21. The second kappa shape index (κ2) is 4.76. The maximum absolute atomic E-state index is 12.1. The van der Waals surface area contributed by atoms with Gasteiger partial charge in [0.15, 0.2) is 0 Å². The van der Waals surface area contributed by atoms with Gasteiger partial charge in [0.05, 0.1) is 18.3 Å². The number of hydrogen-bond donors (Lipinski definition) is 2. The van der Waals surface area contributed by atoms with Crippen LogP contribution in [0, 0.1) is 5.41 Å². The Morgan fingerprint density at radius 3 is 2.94 bits per heavy atom. The molecule has 1 amide bonds. The van der Waals surface area contributed by atoms with Gasteiger partial charge in [0.2, 0.25) is 5.91 Å². The molecule has 0 spiro atoms. The smallest absolute Gasteiger partial charge is 0.237 e. The zero-order valence-corrected chi connectivity index (χ0v) is 11.3. The molecule has 0 fully saturated rings. The minimum Gasteiger partial charge on any atom is -0.469 e. The summed E-state index contributed by atoms with van der Waals surface area (Å²) in [6.07, 6.45) is 4.64. The number of nitrogens with one attached hydrogen (secondary N) is 1. The molecule has 0 saturated heterocycles. The van der Waals surface area contributed by atoms with Gasteiger partial charge in [-0.15, -0.1) is 0 Å². The first-order valence-electron chi connectivity index (χ1n) is 6.52. The van der Waals surface area contributed by atoms with E-state index in [1.54, 1.807) is 6.26 Å². The zero-order chi connectivity index (χ0) is 13.3. The molecule has 3 N–H and O–H groups in total. The van der Waals surface area contributed by atoms with Crippen LogP contribution in [0.4, 0.5) is 0 Å². The predicted molar refractivity (Wildman–Crippen MR) is 70.0 cm³/mol. The van der Waals surface area contributed by atoms with Gasteiger partial charge in [-0.05, 0) is 24.3 Å². The minimum atomic E-state index is -0.491. The Labute approximate surface area is 108 Å². The number of amides is 1. The second-order valence-electron chi connectivity index (χ2n) is 6.10. The summed E-state index contributed by atoms with van der Waals surface area (Å²) in [6, 6.07) is 1.50. The van der Waals surface area contributed by atoms with Gasteiger partial charge < -0.3 is 15.5 Å². The van der Waals surface area contributed by atoms with Crippen molar-refractivity contribution in [3.8, 4) is 0 Å². The number of rotatable bonds is 2. The number of furan rings is 1. The number of carbonyl (C=O) groups is 1. The molecular weight excluding hydrogens is 228 g/mol. The van der Waals surface area contributed by atoms with E-state index in [1.165, 1.54) is 0 Å². The van der Waals surface area contributed by atoms with Gasteiger partial charge in [0.1, 0.15) is 5.76 Å². The molecule has 0 saturated carbocycles. The predicted octanol–water partition coefficient (Wildman–Crippen LogP) is 2.15. The van der Waals surface area contributed by atoms with E-state index >= 15 is 0 Å². The van der Waals surface area contributed by atoms with E-state index in [-0.39, 0.29) is 17.4 Å². The summed E-state index contributed by atoms with van der Waals surface area (Å²) in [6.45, 7) is 5.92. The monoisotopic (exact) mass is 250 g/mol. The molecule has 2 atom stereocenters. The molecule has 0 bridgehead atoms. The number of carbonyl (C=O) groups excluding carboxylic acids is 1. The van der Waals surface area contributed by atoms with Crippen LogP contribution in [0.25, 0.3) is 0 Å². The van der Waals surface area contributed by atoms with Crippen molar-refractivity contribution >= 4 is 5.91 Å². The summed E-state index contributed by atoms with van der Waals surface area (Å²) in [5.74, 6) is 0.914. The van der Waals surface area contributed by atoms with E-state index < -0.39 is 6.04 Å². The summed E-state index contributed by atoms with van der Waals surface area (Å²) in [4.78, 5) is 12.1. The Balaban J connectivity index is 2.06. The average molecular weight is 250 g/mol. The van der Waals surface area contributed by atoms with Gasteiger partial charge in [-0.2, -0.15) is 0 Å². The van der Waals surface area contributed by atoms with Crippen molar-refractivity contribution in [1.82, 2.24) is 5.32 Å². The van der Waals surface area contributed by atoms with E-state index in [1.807, 2.05) is 26.8 Å². The fourth-order valence-corrected chi connectivity index (χ4v) is 2.29. The van der Waals surface area contributed by atoms with Gasteiger partial charge in [-0.3, -0.25) is 4.79 Å². The fourth-order valence-electron chi connectivity index (χ4n) is 2.29. The van der Waals surface area contributed by atoms with Crippen LogP contribution in [0.2, 0.25) is 0 Å². The first-order valence-corrected chi connectivity index (χ1v) is 6.52. The maximum atomic E-state index is 12.1. The molecule has 1 heterocycles. The van der Waals surface area contributed by atoms with Gasteiger partial charge in [0, 0.05) is 12.0 Å². The lowest BCUT2D eigenvalue weighted by atomic mass is 9.86. The lowest BCUT2D eigenvalue weighted by molar-refractivity contribution is -0.125. The van der Waals surface area contributed by atoms with Crippen LogP contribution in [0.15, 0.2) is 16.7 Å². The molecule has 0 aromatic carbocycles. The number of fused-ring (bicyclic) bond motifs is 1. The first kappa shape index (κ1) is 13.1. The highest BCUT2D eigenvalue weighted by atomic mass is 16.3. The van der Waals surface area contributed by atoms with Crippen LogP contribution in [-0.4, -0.2) is 11.9 Å². The topological polar surface area (TPSA) is 68.3 Å². The number of nitrogens with two attached hydrogens (primary N) is 1. The Hall–Kier alpha value is -1.29. The van der Waals surface area contributed by atoms with Crippen molar-refractivity contribution in [3.63, 3.8) is 0 Å².